The maximum atomic E-state index is 13.2. The highest BCUT2D eigenvalue weighted by Crippen LogP contribution is 2.27. The van der Waals surface area contributed by atoms with Crippen LogP contribution in [0.5, 0.6) is 0 Å². The normalized spacial score (nSPS) is 11.4. The Morgan fingerprint density at radius 1 is 1.33 bits per heavy atom. The van der Waals surface area contributed by atoms with Crippen LogP contribution in [-0.2, 0) is 6.42 Å². The van der Waals surface area contributed by atoms with Crippen LogP contribution in [0.2, 0.25) is 0 Å². The number of Topliss-reactive ketones (excluding diaryl/α,β-unsaturated/α-hetero) is 1. The Bertz CT molecular complexity index is 804. The van der Waals surface area contributed by atoms with Gasteiger partial charge >= 0.3 is 0 Å². The second-order valence-corrected chi connectivity index (χ2v) is 6.36. The third-order valence-corrected chi connectivity index (χ3v) is 4.44. The van der Waals surface area contributed by atoms with E-state index in [0.29, 0.717) is 4.88 Å². The molecule has 21 heavy (non-hydrogen) atoms. The van der Waals surface area contributed by atoms with E-state index in [-0.39, 0.29) is 24.1 Å². The number of ketones is 1. The number of nitrogens with zero attached hydrogens (tertiary/aromatic N) is 2. The summed E-state index contributed by atoms with van der Waals surface area (Å²) in [6.45, 7) is 4.08. The van der Waals surface area contributed by atoms with Gasteiger partial charge in [0.1, 0.15) is 5.82 Å². The number of aromatic nitrogens is 2. The van der Waals surface area contributed by atoms with Crippen LogP contribution in [0.25, 0.3) is 10.1 Å². The van der Waals surface area contributed by atoms with Gasteiger partial charge in [-0.25, -0.2) is 4.39 Å². The van der Waals surface area contributed by atoms with Gasteiger partial charge < -0.3 is 0 Å². The number of halogens is 1. The van der Waals surface area contributed by atoms with E-state index >= 15 is 0 Å². The second-order valence-electron chi connectivity index (χ2n) is 5.27. The first kappa shape index (κ1) is 13.9. The SMILES string of the molecule is CC(C)n1ccc(CC(=O)c2cc3cc(F)ccc3s2)n1. The molecular weight excluding hydrogens is 287 g/mol. The average molecular weight is 302 g/mol. The molecule has 0 atom stereocenters. The molecule has 0 amide bonds. The number of fused-ring (bicyclic) bond motifs is 1. The summed E-state index contributed by atoms with van der Waals surface area (Å²) >= 11 is 1.40. The van der Waals surface area contributed by atoms with Gasteiger partial charge in [0.25, 0.3) is 0 Å². The highest BCUT2D eigenvalue weighted by atomic mass is 32.1. The molecule has 0 aliphatic carbocycles. The topological polar surface area (TPSA) is 34.9 Å². The molecule has 0 saturated heterocycles. The molecule has 1 aromatic carbocycles. The van der Waals surface area contributed by atoms with Crippen molar-refractivity contribution in [2.45, 2.75) is 26.3 Å². The van der Waals surface area contributed by atoms with Crippen molar-refractivity contribution in [1.29, 1.82) is 0 Å². The van der Waals surface area contributed by atoms with Crippen molar-refractivity contribution in [3.8, 4) is 0 Å². The van der Waals surface area contributed by atoms with Gasteiger partial charge in [0.05, 0.1) is 17.0 Å². The molecule has 0 fully saturated rings. The van der Waals surface area contributed by atoms with Gasteiger partial charge in [0.15, 0.2) is 5.78 Å². The molecule has 2 aromatic heterocycles. The summed E-state index contributed by atoms with van der Waals surface area (Å²) in [5.74, 6) is -0.263. The van der Waals surface area contributed by atoms with Gasteiger partial charge in [0.2, 0.25) is 0 Å². The highest BCUT2D eigenvalue weighted by molar-refractivity contribution is 7.20. The predicted molar refractivity (Wildman–Crippen MR) is 82.4 cm³/mol. The highest BCUT2D eigenvalue weighted by Gasteiger charge is 2.13. The average Bonchev–Trinajstić information content (AvgIpc) is 3.04. The first-order chi connectivity index (χ1) is 10.0. The molecule has 3 nitrogen and oxygen atoms in total. The number of hydrogen-bond acceptors (Lipinski definition) is 3. The van der Waals surface area contributed by atoms with Crippen molar-refractivity contribution in [3.05, 3.63) is 52.9 Å². The summed E-state index contributed by atoms with van der Waals surface area (Å²) < 4.78 is 15.9. The number of carbonyl (C=O) groups excluding carboxylic acids is 1. The van der Waals surface area contributed by atoms with Gasteiger partial charge in [0, 0.05) is 16.9 Å². The van der Waals surface area contributed by atoms with Crippen molar-refractivity contribution in [3.63, 3.8) is 0 Å². The van der Waals surface area contributed by atoms with Crippen LogP contribution in [-0.4, -0.2) is 15.6 Å². The minimum absolute atomic E-state index is 0.0191. The number of rotatable bonds is 4. The molecule has 108 valence electrons. The van der Waals surface area contributed by atoms with Crippen LogP contribution < -0.4 is 0 Å². The number of thiophene rings is 1. The second kappa shape index (κ2) is 5.41. The van der Waals surface area contributed by atoms with E-state index in [1.165, 1.54) is 23.5 Å². The summed E-state index contributed by atoms with van der Waals surface area (Å²) in [4.78, 5) is 13.0. The predicted octanol–water partition coefficient (Wildman–Crippen LogP) is 4.24. The lowest BCUT2D eigenvalue weighted by Crippen LogP contribution is -2.05. The van der Waals surface area contributed by atoms with Crippen LogP contribution in [0.3, 0.4) is 0 Å². The van der Waals surface area contributed by atoms with Gasteiger partial charge in [-0.2, -0.15) is 5.10 Å². The fourth-order valence-electron chi connectivity index (χ4n) is 2.16. The lowest BCUT2D eigenvalue weighted by Gasteiger charge is -2.03. The van der Waals surface area contributed by atoms with Crippen LogP contribution in [0.1, 0.15) is 35.3 Å². The molecule has 0 N–H and O–H groups in total. The largest absolute Gasteiger partial charge is 0.293 e. The number of hydrogen-bond donors (Lipinski definition) is 0. The van der Waals surface area contributed by atoms with Crippen molar-refractivity contribution in [2.24, 2.45) is 0 Å². The van der Waals surface area contributed by atoms with E-state index in [0.717, 1.165) is 15.8 Å². The summed E-state index contributed by atoms with van der Waals surface area (Å²) in [6, 6.07) is 8.48. The van der Waals surface area contributed by atoms with E-state index in [1.807, 2.05) is 30.8 Å². The molecule has 0 bridgehead atoms. The smallest absolute Gasteiger partial charge is 0.178 e. The van der Waals surface area contributed by atoms with E-state index in [9.17, 15) is 9.18 Å². The zero-order chi connectivity index (χ0) is 15.0. The quantitative estimate of drug-likeness (QED) is 0.676. The summed E-state index contributed by atoms with van der Waals surface area (Å²) in [5, 5.41) is 5.16. The minimum Gasteiger partial charge on any atom is -0.293 e. The Balaban J connectivity index is 1.82. The third-order valence-electron chi connectivity index (χ3n) is 3.29. The van der Waals surface area contributed by atoms with Crippen LogP contribution in [0.4, 0.5) is 4.39 Å². The first-order valence-corrected chi connectivity index (χ1v) is 7.61. The van der Waals surface area contributed by atoms with Gasteiger partial charge in [-0.1, -0.05) is 0 Å². The molecular formula is C16H15FN2OS. The van der Waals surface area contributed by atoms with E-state index in [4.69, 9.17) is 0 Å². The molecule has 0 radical (unpaired) electrons. The van der Waals surface area contributed by atoms with Crippen molar-refractivity contribution < 1.29 is 9.18 Å². The molecule has 2 heterocycles. The Morgan fingerprint density at radius 2 is 2.14 bits per heavy atom. The van der Waals surface area contributed by atoms with Crippen molar-refractivity contribution in [2.75, 3.05) is 0 Å². The Labute approximate surface area is 126 Å². The standard InChI is InChI=1S/C16H15FN2OS/c1-10(2)19-6-5-13(18-19)9-14(20)16-8-11-7-12(17)3-4-15(11)21-16/h3-8,10H,9H2,1-2H3. The third kappa shape index (κ3) is 2.88. The van der Waals surface area contributed by atoms with Gasteiger partial charge in [-0.3, -0.25) is 9.48 Å². The molecule has 0 saturated carbocycles. The molecule has 3 rings (SSSR count). The summed E-state index contributed by atoms with van der Waals surface area (Å²) in [5.41, 5.74) is 0.761. The minimum atomic E-state index is -0.282. The summed E-state index contributed by atoms with van der Waals surface area (Å²) in [7, 11) is 0. The van der Waals surface area contributed by atoms with Crippen molar-refractivity contribution in [1.82, 2.24) is 9.78 Å². The lowest BCUT2D eigenvalue weighted by atomic mass is 10.2. The maximum Gasteiger partial charge on any atom is 0.178 e. The molecule has 5 heteroatoms. The first-order valence-electron chi connectivity index (χ1n) is 6.79. The molecule has 0 aliphatic rings. The fraction of sp³-hybridized carbons (Fsp3) is 0.250. The maximum absolute atomic E-state index is 13.2. The van der Waals surface area contributed by atoms with Crippen LogP contribution in [0.15, 0.2) is 36.5 Å². The monoisotopic (exact) mass is 302 g/mol. The Hall–Kier alpha value is -2.01. The van der Waals surface area contributed by atoms with E-state index in [2.05, 4.69) is 5.10 Å². The molecule has 3 aromatic rings. The fourth-order valence-corrected chi connectivity index (χ4v) is 3.14. The molecule has 0 spiro atoms. The van der Waals surface area contributed by atoms with Gasteiger partial charge in [-0.15, -0.1) is 11.3 Å². The molecule has 0 aliphatic heterocycles. The Kier molecular flexibility index (Phi) is 3.59. The van der Waals surface area contributed by atoms with E-state index < -0.39 is 0 Å². The zero-order valence-electron chi connectivity index (χ0n) is 11.8. The van der Waals surface area contributed by atoms with Gasteiger partial charge in [-0.05, 0) is 49.6 Å². The Morgan fingerprint density at radius 3 is 2.86 bits per heavy atom. The number of carbonyl (C=O) groups is 1. The zero-order valence-corrected chi connectivity index (χ0v) is 12.7. The van der Waals surface area contributed by atoms with Crippen molar-refractivity contribution >= 4 is 27.2 Å². The number of benzene rings is 1. The lowest BCUT2D eigenvalue weighted by molar-refractivity contribution is 0.0995. The van der Waals surface area contributed by atoms with Crippen LogP contribution >= 0.6 is 11.3 Å². The van der Waals surface area contributed by atoms with E-state index in [1.54, 1.807) is 12.1 Å². The van der Waals surface area contributed by atoms with Crippen LogP contribution in [0, 0.1) is 5.82 Å². The summed E-state index contributed by atoms with van der Waals surface area (Å²) in [6.07, 6.45) is 2.16. The molecule has 0 unspecified atom stereocenters.